The van der Waals surface area contributed by atoms with Crippen molar-refractivity contribution in [2.45, 2.75) is 45.8 Å². The summed E-state index contributed by atoms with van der Waals surface area (Å²) in [7, 11) is 0. The summed E-state index contributed by atoms with van der Waals surface area (Å²) < 4.78 is 0. The van der Waals surface area contributed by atoms with E-state index in [-0.39, 0.29) is 5.91 Å². The number of likely N-dealkylation sites (tertiary alicyclic amines) is 1. The van der Waals surface area contributed by atoms with Gasteiger partial charge < -0.3 is 10.6 Å². The Labute approximate surface area is 160 Å². The first kappa shape index (κ1) is 18.2. The maximum absolute atomic E-state index is 12.5. The first-order valence-corrected chi connectivity index (χ1v) is 10.0. The van der Waals surface area contributed by atoms with E-state index >= 15 is 0 Å². The molecule has 4 rings (SSSR count). The summed E-state index contributed by atoms with van der Waals surface area (Å²) in [5, 5.41) is 13.5. The second-order valence-corrected chi connectivity index (χ2v) is 7.94. The van der Waals surface area contributed by atoms with Crippen molar-refractivity contribution >= 4 is 5.91 Å². The maximum atomic E-state index is 12.5. The Balaban J connectivity index is 1.31. The van der Waals surface area contributed by atoms with Gasteiger partial charge in [0.2, 0.25) is 0 Å². The van der Waals surface area contributed by atoms with Crippen molar-refractivity contribution in [1.29, 1.82) is 0 Å². The first-order chi connectivity index (χ1) is 13.2. The molecule has 2 aliphatic rings. The summed E-state index contributed by atoms with van der Waals surface area (Å²) >= 11 is 0. The highest BCUT2D eigenvalue weighted by Gasteiger charge is 2.21. The van der Waals surface area contributed by atoms with Crippen LogP contribution in [0.1, 0.15) is 52.6 Å². The van der Waals surface area contributed by atoms with E-state index < -0.39 is 0 Å². The van der Waals surface area contributed by atoms with Gasteiger partial charge in [0, 0.05) is 50.4 Å². The number of piperidine rings is 1. The van der Waals surface area contributed by atoms with E-state index in [0.29, 0.717) is 18.8 Å². The van der Waals surface area contributed by atoms with Gasteiger partial charge in [0.1, 0.15) is 0 Å². The van der Waals surface area contributed by atoms with Crippen LogP contribution in [0, 0.1) is 5.92 Å². The van der Waals surface area contributed by atoms with Gasteiger partial charge in [-0.25, -0.2) is 0 Å². The van der Waals surface area contributed by atoms with Crippen LogP contribution in [0.4, 0.5) is 0 Å². The third-order valence-electron chi connectivity index (χ3n) is 5.64. The van der Waals surface area contributed by atoms with Crippen molar-refractivity contribution in [2.24, 2.45) is 5.92 Å². The molecule has 1 unspecified atom stereocenters. The molecule has 6 heteroatoms. The van der Waals surface area contributed by atoms with Gasteiger partial charge in [0.25, 0.3) is 5.91 Å². The van der Waals surface area contributed by atoms with Gasteiger partial charge in [-0.2, -0.15) is 5.10 Å². The first-order valence-electron chi connectivity index (χ1n) is 10.0. The SMILES string of the molecule is CC1CCCN(Cc2ccc(CNC(=O)c3n[nH]c4c3CNCC4)cc2)C1. The number of benzene rings is 1. The third-order valence-corrected chi connectivity index (χ3v) is 5.64. The minimum absolute atomic E-state index is 0.109. The minimum atomic E-state index is -0.109. The number of H-pyrrole nitrogens is 1. The number of hydrogen-bond acceptors (Lipinski definition) is 4. The molecule has 144 valence electrons. The second-order valence-electron chi connectivity index (χ2n) is 7.94. The van der Waals surface area contributed by atoms with Crippen LogP contribution in [-0.2, 0) is 26.1 Å². The fourth-order valence-corrected chi connectivity index (χ4v) is 4.13. The fourth-order valence-electron chi connectivity index (χ4n) is 4.13. The minimum Gasteiger partial charge on any atom is -0.347 e. The van der Waals surface area contributed by atoms with Crippen LogP contribution in [0.5, 0.6) is 0 Å². The number of nitrogens with one attached hydrogen (secondary N) is 3. The lowest BCUT2D eigenvalue weighted by atomic mass is 9.99. The number of nitrogens with zero attached hydrogens (tertiary/aromatic N) is 2. The van der Waals surface area contributed by atoms with E-state index in [2.05, 4.69) is 56.9 Å². The van der Waals surface area contributed by atoms with Crippen LogP contribution in [0.15, 0.2) is 24.3 Å². The summed E-state index contributed by atoms with van der Waals surface area (Å²) in [6.07, 6.45) is 3.55. The molecule has 0 radical (unpaired) electrons. The van der Waals surface area contributed by atoms with Crippen LogP contribution in [0.2, 0.25) is 0 Å². The van der Waals surface area contributed by atoms with Crippen LogP contribution in [-0.4, -0.2) is 40.6 Å². The van der Waals surface area contributed by atoms with E-state index in [1.807, 2.05) is 0 Å². The average molecular weight is 367 g/mol. The molecule has 0 saturated carbocycles. The van der Waals surface area contributed by atoms with Gasteiger partial charge in [-0.3, -0.25) is 14.8 Å². The maximum Gasteiger partial charge on any atom is 0.272 e. The lowest BCUT2D eigenvalue weighted by Gasteiger charge is -2.30. The molecule has 27 heavy (non-hydrogen) atoms. The summed E-state index contributed by atoms with van der Waals surface area (Å²) in [5.74, 6) is 0.693. The topological polar surface area (TPSA) is 73.0 Å². The zero-order valence-corrected chi connectivity index (χ0v) is 16.1. The molecule has 0 bridgehead atoms. The molecule has 1 saturated heterocycles. The normalized spacial score (nSPS) is 20.3. The summed E-state index contributed by atoms with van der Waals surface area (Å²) in [6, 6.07) is 8.59. The lowest BCUT2D eigenvalue weighted by molar-refractivity contribution is 0.0944. The number of carbonyl (C=O) groups excluding carboxylic acids is 1. The van der Waals surface area contributed by atoms with Crippen molar-refractivity contribution in [3.05, 3.63) is 52.3 Å². The molecule has 3 N–H and O–H groups in total. The van der Waals surface area contributed by atoms with Crippen LogP contribution < -0.4 is 10.6 Å². The van der Waals surface area contributed by atoms with Crippen molar-refractivity contribution < 1.29 is 4.79 Å². The highest BCUT2D eigenvalue weighted by molar-refractivity contribution is 5.94. The van der Waals surface area contributed by atoms with Crippen molar-refractivity contribution in [2.75, 3.05) is 19.6 Å². The molecule has 1 fully saturated rings. The molecule has 2 aromatic rings. The Hall–Kier alpha value is -2.18. The van der Waals surface area contributed by atoms with E-state index in [4.69, 9.17) is 0 Å². The Morgan fingerprint density at radius 3 is 2.93 bits per heavy atom. The number of amides is 1. The lowest BCUT2D eigenvalue weighted by Crippen LogP contribution is -2.33. The predicted molar refractivity (Wildman–Crippen MR) is 105 cm³/mol. The molecule has 6 nitrogen and oxygen atoms in total. The molecule has 0 spiro atoms. The summed E-state index contributed by atoms with van der Waals surface area (Å²) in [5.41, 5.74) is 5.06. The number of carbonyl (C=O) groups is 1. The quantitative estimate of drug-likeness (QED) is 0.758. The monoisotopic (exact) mass is 367 g/mol. The molecule has 1 amide bonds. The van der Waals surface area contributed by atoms with Crippen molar-refractivity contribution in [3.8, 4) is 0 Å². The number of fused-ring (bicyclic) bond motifs is 1. The number of rotatable bonds is 5. The van der Waals surface area contributed by atoms with Gasteiger partial charge in [-0.05, 0) is 36.4 Å². The van der Waals surface area contributed by atoms with E-state index in [0.717, 1.165) is 42.2 Å². The number of hydrogen-bond donors (Lipinski definition) is 3. The summed E-state index contributed by atoms with van der Waals surface area (Å²) in [4.78, 5) is 15.0. The molecular weight excluding hydrogens is 338 g/mol. The van der Waals surface area contributed by atoms with Crippen LogP contribution in [0.25, 0.3) is 0 Å². The Morgan fingerprint density at radius 2 is 2.11 bits per heavy atom. The van der Waals surface area contributed by atoms with Crippen molar-refractivity contribution in [3.63, 3.8) is 0 Å². The van der Waals surface area contributed by atoms with Gasteiger partial charge in [0.05, 0.1) is 0 Å². The Kier molecular flexibility index (Phi) is 5.55. The van der Waals surface area contributed by atoms with Gasteiger partial charge >= 0.3 is 0 Å². The highest BCUT2D eigenvalue weighted by atomic mass is 16.1. The molecule has 1 aromatic carbocycles. The zero-order chi connectivity index (χ0) is 18.6. The van der Waals surface area contributed by atoms with Crippen LogP contribution in [0.3, 0.4) is 0 Å². The van der Waals surface area contributed by atoms with E-state index in [9.17, 15) is 4.79 Å². The molecule has 0 aliphatic carbocycles. The Morgan fingerprint density at radius 1 is 1.30 bits per heavy atom. The molecule has 2 aliphatic heterocycles. The molecular formula is C21H29N5O. The molecule has 1 aromatic heterocycles. The average Bonchev–Trinajstić information content (AvgIpc) is 3.11. The molecule has 1 atom stereocenters. The Bertz CT molecular complexity index is 782. The van der Waals surface area contributed by atoms with Gasteiger partial charge in [0.15, 0.2) is 5.69 Å². The van der Waals surface area contributed by atoms with Gasteiger partial charge in [-0.1, -0.05) is 31.2 Å². The van der Waals surface area contributed by atoms with Gasteiger partial charge in [-0.15, -0.1) is 0 Å². The standard InChI is InChI=1S/C21H29N5O/c1-15-3-2-10-26(13-15)14-17-6-4-16(5-7-17)11-23-21(27)20-18-12-22-9-8-19(18)24-25-20/h4-7,15,22H,2-3,8-14H2,1H3,(H,23,27)(H,24,25). The largest absolute Gasteiger partial charge is 0.347 e. The second kappa shape index (κ2) is 8.23. The number of aromatic nitrogens is 2. The van der Waals surface area contributed by atoms with E-state index in [1.54, 1.807) is 0 Å². The highest BCUT2D eigenvalue weighted by Crippen LogP contribution is 2.18. The third kappa shape index (κ3) is 4.39. The van der Waals surface area contributed by atoms with Crippen molar-refractivity contribution in [1.82, 2.24) is 25.7 Å². The number of aromatic amines is 1. The van der Waals surface area contributed by atoms with Crippen LogP contribution >= 0.6 is 0 Å². The molecule has 3 heterocycles. The smallest absolute Gasteiger partial charge is 0.272 e. The van der Waals surface area contributed by atoms with E-state index in [1.165, 1.54) is 31.5 Å². The summed E-state index contributed by atoms with van der Waals surface area (Å²) in [6.45, 7) is 7.91. The fraction of sp³-hybridized carbons (Fsp3) is 0.524. The predicted octanol–water partition coefficient (Wildman–Crippen LogP) is 2.22. The zero-order valence-electron chi connectivity index (χ0n) is 16.1.